The summed E-state index contributed by atoms with van der Waals surface area (Å²) in [6.45, 7) is 5.34. The Bertz CT molecular complexity index is 1120. The van der Waals surface area contributed by atoms with Crippen molar-refractivity contribution in [1.82, 2.24) is 10.3 Å². The summed E-state index contributed by atoms with van der Waals surface area (Å²) in [6, 6.07) is 18.9. The molecule has 5 heteroatoms. The summed E-state index contributed by atoms with van der Waals surface area (Å²) in [6.07, 6.45) is 6.18. The van der Waals surface area contributed by atoms with Crippen molar-refractivity contribution in [2.75, 3.05) is 33.3 Å². The molecular weight excluding hydrogens is 410 g/mol. The number of quaternary nitrogens is 1. The van der Waals surface area contributed by atoms with Crippen LogP contribution in [-0.2, 0) is 11.3 Å². The molecule has 0 atom stereocenters. The van der Waals surface area contributed by atoms with Crippen LogP contribution in [-0.4, -0.2) is 54.8 Å². The fraction of sp³-hybridized carbons (Fsp3) is 0.429. The molecule has 0 aliphatic carbocycles. The van der Waals surface area contributed by atoms with E-state index in [2.05, 4.69) is 17.4 Å². The Kier molecular flexibility index (Phi) is 6.43. The molecule has 0 amide bonds. The summed E-state index contributed by atoms with van der Waals surface area (Å²) in [5.74, 6) is -0.263. The number of likely N-dealkylation sites (tertiary alicyclic amines) is 1. The summed E-state index contributed by atoms with van der Waals surface area (Å²) in [5, 5.41) is 4.43. The third-order valence-corrected chi connectivity index (χ3v) is 7.69. The Morgan fingerprint density at radius 3 is 2.42 bits per heavy atom. The summed E-state index contributed by atoms with van der Waals surface area (Å²) in [7, 11) is 1.49. The quantitative estimate of drug-likeness (QED) is 0.447. The number of pyridine rings is 1. The van der Waals surface area contributed by atoms with Crippen molar-refractivity contribution in [2.45, 2.75) is 44.7 Å². The van der Waals surface area contributed by atoms with E-state index in [1.165, 1.54) is 52.3 Å². The molecule has 5 nitrogen and oxygen atoms in total. The fourth-order valence-corrected chi connectivity index (χ4v) is 6.04. The first kappa shape index (κ1) is 22.1. The number of piperidine rings is 2. The summed E-state index contributed by atoms with van der Waals surface area (Å²) < 4.78 is 6.42. The Balaban J connectivity index is 1.73. The molecule has 3 aromatic rings. The van der Waals surface area contributed by atoms with Crippen LogP contribution in [0, 0.1) is 0 Å². The second-order valence-corrected chi connectivity index (χ2v) is 9.55. The number of nitrogens with one attached hydrogen (secondary N) is 1. The number of ether oxygens (including phenoxy) is 1. The molecule has 2 aliphatic rings. The highest BCUT2D eigenvalue weighted by Gasteiger charge is 2.41. The highest BCUT2D eigenvalue weighted by atomic mass is 16.5. The number of hydrogen-bond acceptors (Lipinski definition) is 4. The lowest BCUT2D eigenvalue weighted by atomic mass is 9.91. The van der Waals surface area contributed by atoms with Gasteiger partial charge in [-0.3, -0.25) is 0 Å². The number of methoxy groups -OCH3 is 1. The summed E-state index contributed by atoms with van der Waals surface area (Å²) >= 11 is 0. The van der Waals surface area contributed by atoms with E-state index in [1.54, 1.807) is 0 Å². The van der Waals surface area contributed by atoms with Gasteiger partial charge < -0.3 is 14.5 Å². The largest absolute Gasteiger partial charge is 0.465 e. The number of benzene rings is 2. The number of nitrogens with zero attached hydrogens (tertiary/aromatic N) is 2. The zero-order chi connectivity index (χ0) is 22.7. The molecule has 1 N–H and O–H groups in total. The minimum Gasteiger partial charge on any atom is -0.465 e. The number of aromatic nitrogens is 1. The maximum atomic E-state index is 13.3. The topological polar surface area (TPSA) is 51.2 Å². The molecule has 0 radical (unpaired) electrons. The zero-order valence-electron chi connectivity index (χ0n) is 19.6. The minimum absolute atomic E-state index is 0.263. The van der Waals surface area contributed by atoms with Gasteiger partial charge in [-0.15, -0.1) is 0 Å². The number of fused-ring (bicyclic) bond motifs is 1. The molecule has 0 saturated carbocycles. The molecule has 0 spiro atoms. The second kappa shape index (κ2) is 9.62. The third-order valence-electron chi connectivity index (χ3n) is 7.69. The summed E-state index contributed by atoms with van der Waals surface area (Å²) in [4.78, 5) is 18.4. The van der Waals surface area contributed by atoms with E-state index in [4.69, 9.17) is 9.72 Å². The first-order chi connectivity index (χ1) is 16.2. The lowest BCUT2D eigenvalue weighted by molar-refractivity contribution is -0.968. The average molecular weight is 445 g/mol. The smallest absolute Gasteiger partial charge is 0.339 e. The van der Waals surface area contributed by atoms with Crippen LogP contribution in [0.3, 0.4) is 0 Å². The van der Waals surface area contributed by atoms with E-state index in [0.29, 0.717) is 11.6 Å². The van der Waals surface area contributed by atoms with Gasteiger partial charge in [0.05, 0.1) is 43.0 Å². The van der Waals surface area contributed by atoms with Crippen molar-refractivity contribution >= 4 is 16.9 Å². The number of carbonyl (C=O) groups excluding carboxylic acids is 1. The van der Waals surface area contributed by atoms with Crippen molar-refractivity contribution in [3.8, 4) is 11.3 Å². The lowest BCUT2D eigenvalue weighted by Gasteiger charge is -2.49. The Morgan fingerprint density at radius 1 is 1.00 bits per heavy atom. The van der Waals surface area contributed by atoms with Gasteiger partial charge in [0.15, 0.2) is 0 Å². The highest BCUT2D eigenvalue weighted by Crippen LogP contribution is 2.37. The van der Waals surface area contributed by atoms with Gasteiger partial charge in [0, 0.05) is 42.4 Å². The van der Waals surface area contributed by atoms with E-state index in [-0.39, 0.29) is 5.97 Å². The Morgan fingerprint density at radius 2 is 1.70 bits per heavy atom. The number of esters is 1. The van der Waals surface area contributed by atoms with Gasteiger partial charge in [-0.05, 0) is 25.3 Å². The van der Waals surface area contributed by atoms with Crippen LogP contribution in [0.5, 0.6) is 0 Å². The minimum atomic E-state index is -0.263. The van der Waals surface area contributed by atoms with Crippen LogP contribution in [0.2, 0.25) is 0 Å². The molecule has 0 unspecified atom stereocenters. The first-order valence-electron chi connectivity index (χ1n) is 12.3. The van der Waals surface area contributed by atoms with Gasteiger partial charge in [-0.25, -0.2) is 9.78 Å². The standard InChI is InChI=1S/C28H34N3O2/c1-33-28(32)26-23-12-6-7-13-25(23)30-27(21-10-4-2-5-11-21)24(26)20-31(18-8-3-9-19-31)22-14-16-29-17-15-22/h2,4-7,10-13,22,29H,3,8-9,14-20H2,1H3/q+1. The van der Waals surface area contributed by atoms with E-state index in [1.807, 2.05) is 42.5 Å². The highest BCUT2D eigenvalue weighted by molar-refractivity contribution is 6.06. The second-order valence-electron chi connectivity index (χ2n) is 9.55. The maximum absolute atomic E-state index is 13.3. The van der Waals surface area contributed by atoms with Gasteiger partial charge in [0.25, 0.3) is 0 Å². The first-order valence-corrected chi connectivity index (χ1v) is 12.3. The van der Waals surface area contributed by atoms with Crippen LogP contribution in [0.25, 0.3) is 22.2 Å². The van der Waals surface area contributed by atoms with E-state index >= 15 is 0 Å². The van der Waals surface area contributed by atoms with Crippen LogP contribution in [0.15, 0.2) is 54.6 Å². The molecule has 2 aromatic carbocycles. The van der Waals surface area contributed by atoms with E-state index < -0.39 is 0 Å². The molecule has 3 heterocycles. The van der Waals surface area contributed by atoms with Gasteiger partial charge in [0.2, 0.25) is 0 Å². The molecule has 2 fully saturated rings. The monoisotopic (exact) mass is 444 g/mol. The third kappa shape index (κ3) is 4.28. The molecule has 0 bridgehead atoms. The predicted octanol–water partition coefficient (Wildman–Crippen LogP) is 4.94. The van der Waals surface area contributed by atoms with Crippen LogP contribution >= 0.6 is 0 Å². The Hall–Kier alpha value is -2.76. The molecule has 1 aromatic heterocycles. The van der Waals surface area contributed by atoms with Gasteiger partial charge in [-0.2, -0.15) is 0 Å². The van der Waals surface area contributed by atoms with Gasteiger partial charge in [0.1, 0.15) is 6.54 Å². The molecule has 5 rings (SSSR count). The number of rotatable bonds is 5. The fourth-order valence-electron chi connectivity index (χ4n) is 6.04. The zero-order valence-corrected chi connectivity index (χ0v) is 19.6. The number of hydrogen-bond donors (Lipinski definition) is 1. The molecular formula is C28H34N3O2+. The average Bonchev–Trinajstić information content (AvgIpc) is 2.89. The molecule has 33 heavy (non-hydrogen) atoms. The van der Waals surface area contributed by atoms with Crippen LogP contribution in [0.1, 0.15) is 48.0 Å². The molecule has 2 saturated heterocycles. The predicted molar refractivity (Wildman–Crippen MR) is 132 cm³/mol. The number of carbonyl (C=O) groups is 1. The normalized spacial score (nSPS) is 18.8. The van der Waals surface area contributed by atoms with Crippen LogP contribution < -0.4 is 5.32 Å². The van der Waals surface area contributed by atoms with Crippen LogP contribution in [0.4, 0.5) is 0 Å². The lowest BCUT2D eigenvalue weighted by Crippen LogP contribution is -2.60. The van der Waals surface area contributed by atoms with Gasteiger partial charge >= 0.3 is 5.97 Å². The van der Waals surface area contributed by atoms with Crippen molar-refractivity contribution < 1.29 is 14.0 Å². The van der Waals surface area contributed by atoms with Crippen molar-refractivity contribution in [1.29, 1.82) is 0 Å². The Labute approximate surface area is 196 Å². The van der Waals surface area contributed by atoms with E-state index in [0.717, 1.165) is 51.8 Å². The van der Waals surface area contributed by atoms with Crippen molar-refractivity contribution in [3.05, 3.63) is 65.7 Å². The number of para-hydroxylation sites is 1. The van der Waals surface area contributed by atoms with Gasteiger partial charge in [-0.1, -0.05) is 48.5 Å². The molecule has 2 aliphatic heterocycles. The van der Waals surface area contributed by atoms with Crippen molar-refractivity contribution in [3.63, 3.8) is 0 Å². The maximum Gasteiger partial charge on any atom is 0.339 e. The SMILES string of the molecule is COC(=O)c1c(C[N+]2(C3CCNCC3)CCCCC2)c(-c2ccccc2)nc2ccccc12. The molecule has 172 valence electrons. The summed E-state index contributed by atoms with van der Waals surface area (Å²) in [5.41, 5.74) is 4.56. The van der Waals surface area contributed by atoms with E-state index in [9.17, 15) is 4.79 Å². The van der Waals surface area contributed by atoms with Crippen molar-refractivity contribution in [2.24, 2.45) is 0 Å².